The first-order valence-electron chi connectivity index (χ1n) is 4.30. The van der Waals surface area contributed by atoms with Crippen LogP contribution in [-0.4, -0.2) is 10.9 Å². The first kappa shape index (κ1) is 11.0. The lowest BCUT2D eigenvalue weighted by Crippen LogP contribution is -1.97. The van der Waals surface area contributed by atoms with Gasteiger partial charge < -0.3 is 0 Å². The van der Waals surface area contributed by atoms with Gasteiger partial charge in [-0.3, -0.25) is 9.59 Å². The van der Waals surface area contributed by atoms with Crippen molar-refractivity contribution >= 4 is 22.7 Å². The Morgan fingerprint density at radius 3 is 2.36 bits per heavy atom. The second-order valence-electron chi connectivity index (χ2n) is 3.15. The summed E-state index contributed by atoms with van der Waals surface area (Å²) < 4.78 is 0. The lowest BCUT2D eigenvalue weighted by Gasteiger charge is -2.05. The smallest absolute Gasteiger partial charge is 0.190 e. The molecule has 3 heteroatoms. The van der Waals surface area contributed by atoms with Crippen LogP contribution in [0.4, 0.5) is 0 Å². The van der Waals surface area contributed by atoms with Crippen molar-refractivity contribution in [3.63, 3.8) is 0 Å². The molecule has 1 rings (SSSR count). The van der Waals surface area contributed by atoms with Gasteiger partial charge in [0.15, 0.2) is 10.9 Å². The molecule has 0 spiro atoms. The highest BCUT2D eigenvalue weighted by molar-refractivity contribution is 8.13. The summed E-state index contributed by atoms with van der Waals surface area (Å²) in [5, 5.41) is -0.00338. The van der Waals surface area contributed by atoms with E-state index < -0.39 is 0 Å². The van der Waals surface area contributed by atoms with E-state index in [1.54, 1.807) is 0 Å². The van der Waals surface area contributed by atoms with Crippen LogP contribution in [0, 0.1) is 6.92 Å². The Morgan fingerprint density at radius 1 is 1.21 bits per heavy atom. The van der Waals surface area contributed by atoms with E-state index in [-0.39, 0.29) is 10.9 Å². The van der Waals surface area contributed by atoms with Crippen molar-refractivity contribution in [1.29, 1.82) is 0 Å². The normalized spacial score (nSPS) is 9.93. The van der Waals surface area contributed by atoms with Crippen LogP contribution in [0.2, 0.25) is 0 Å². The van der Waals surface area contributed by atoms with Crippen molar-refractivity contribution in [1.82, 2.24) is 0 Å². The van der Waals surface area contributed by atoms with Gasteiger partial charge in [-0.2, -0.15) is 0 Å². The topological polar surface area (TPSA) is 34.1 Å². The van der Waals surface area contributed by atoms with E-state index in [1.165, 1.54) is 13.8 Å². The van der Waals surface area contributed by atoms with Gasteiger partial charge in [0.25, 0.3) is 0 Å². The molecule has 1 aromatic rings. The fourth-order valence-corrected chi connectivity index (χ4v) is 1.92. The van der Waals surface area contributed by atoms with Gasteiger partial charge in [-0.15, -0.1) is 0 Å². The molecule has 0 radical (unpaired) electrons. The van der Waals surface area contributed by atoms with Gasteiger partial charge in [-0.1, -0.05) is 23.4 Å². The first-order chi connectivity index (χ1) is 6.50. The van der Waals surface area contributed by atoms with Crippen molar-refractivity contribution in [2.45, 2.75) is 25.7 Å². The Kier molecular flexibility index (Phi) is 3.47. The summed E-state index contributed by atoms with van der Waals surface area (Å²) in [6, 6.07) is 5.53. The molecular weight excluding hydrogens is 196 g/mol. The molecule has 0 fully saturated rings. The fraction of sp³-hybridized carbons (Fsp3) is 0.273. The number of hydrogen-bond acceptors (Lipinski definition) is 3. The van der Waals surface area contributed by atoms with Gasteiger partial charge in [0.05, 0.1) is 0 Å². The first-order valence-corrected chi connectivity index (χ1v) is 5.12. The van der Waals surface area contributed by atoms with Gasteiger partial charge in [-0.25, -0.2) is 0 Å². The van der Waals surface area contributed by atoms with Gasteiger partial charge in [0.1, 0.15) is 0 Å². The molecule has 0 N–H and O–H groups in total. The third-order valence-corrected chi connectivity index (χ3v) is 2.63. The molecule has 2 nitrogen and oxygen atoms in total. The molecule has 1 aromatic carbocycles. The maximum atomic E-state index is 11.3. The van der Waals surface area contributed by atoms with Crippen molar-refractivity contribution in [2.24, 2.45) is 0 Å². The van der Waals surface area contributed by atoms with E-state index >= 15 is 0 Å². The monoisotopic (exact) mass is 208 g/mol. The lowest BCUT2D eigenvalue weighted by molar-refractivity contribution is -0.109. The number of Topliss-reactive ketones (excluding diaryl/α,β-unsaturated/α-hetero) is 1. The van der Waals surface area contributed by atoms with Crippen molar-refractivity contribution in [2.75, 3.05) is 0 Å². The van der Waals surface area contributed by atoms with Crippen LogP contribution in [0.3, 0.4) is 0 Å². The Bertz CT molecular complexity index is 383. The molecule has 0 aliphatic heterocycles. The average Bonchev–Trinajstić information content (AvgIpc) is 2.07. The molecule has 0 aromatic heterocycles. The Balaban J connectivity index is 3.14. The van der Waals surface area contributed by atoms with E-state index in [1.807, 2.05) is 25.1 Å². The molecule has 0 aliphatic rings. The quantitative estimate of drug-likeness (QED) is 0.553. The predicted molar refractivity (Wildman–Crippen MR) is 57.7 cm³/mol. The summed E-state index contributed by atoms with van der Waals surface area (Å²) in [6.07, 6.45) is 0. The molecule has 0 aliphatic carbocycles. The summed E-state index contributed by atoms with van der Waals surface area (Å²) in [6.45, 7) is 4.93. The number of rotatable bonds is 2. The maximum absolute atomic E-state index is 11.3. The third kappa shape index (κ3) is 2.70. The molecule has 74 valence electrons. The minimum absolute atomic E-state index is 0.00236. The Labute approximate surface area is 87.7 Å². The van der Waals surface area contributed by atoms with Gasteiger partial charge in [0.2, 0.25) is 0 Å². The zero-order valence-corrected chi connectivity index (χ0v) is 9.27. The second kappa shape index (κ2) is 4.42. The molecule has 0 atom stereocenters. The van der Waals surface area contributed by atoms with Crippen LogP contribution >= 0.6 is 11.8 Å². The van der Waals surface area contributed by atoms with Crippen molar-refractivity contribution < 1.29 is 9.59 Å². The Hall–Kier alpha value is -1.09. The number of carbonyl (C=O) groups excluding carboxylic acids is 2. The van der Waals surface area contributed by atoms with Crippen LogP contribution in [0.1, 0.15) is 29.8 Å². The zero-order valence-electron chi connectivity index (χ0n) is 8.46. The number of aryl methyl sites for hydroxylation is 1. The molecule has 0 saturated heterocycles. The van der Waals surface area contributed by atoms with Gasteiger partial charge >= 0.3 is 0 Å². The average molecular weight is 208 g/mol. The van der Waals surface area contributed by atoms with Crippen LogP contribution in [-0.2, 0) is 4.79 Å². The summed E-state index contributed by atoms with van der Waals surface area (Å²) in [5.41, 5.74) is 1.66. The second-order valence-corrected chi connectivity index (χ2v) is 4.37. The van der Waals surface area contributed by atoms with Crippen LogP contribution < -0.4 is 0 Å². The zero-order chi connectivity index (χ0) is 10.7. The molecule has 0 saturated carbocycles. The van der Waals surface area contributed by atoms with Crippen molar-refractivity contribution in [3.05, 3.63) is 29.3 Å². The van der Waals surface area contributed by atoms with E-state index in [2.05, 4.69) is 0 Å². The third-order valence-electron chi connectivity index (χ3n) is 1.77. The largest absolute Gasteiger partial charge is 0.294 e. The molecular formula is C11H12O2S. The van der Waals surface area contributed by atoms with Crippen LogP contribution in [0.5, 0.6) is 0 Å². The minimum atomic E-state index is -0.00338. The molecule has 0 amide bonds. The SMILES string of the molecule is CC(=O)Sc1ccc(C)cc1C(C)=O. The summed E-state index contributed by atoms with van der Waals surface area (Å²) in [5.74, 6) is -0.00236. The van der Waals surface area contributed by atoms with Crippen LogP contribution in [0.15, 0.2) is 23.1 Å². The Morgan fingerprint density at radius 2 is 1.86 bits per heavy atom. The molecule has 0 unspecified atom stereocenters. The van der Waals surface area contributed by atoms with E-state index in [0.29, 0.717) is 5.56 Å². The lowest BCUT2D eigenvalue weighted by atomic mass is 10.1. The summed E-state index contributed by atoms with van der Waals surface area (Å²) in [4.78, 5) is 22.9. The summed E-state index contributed by atoms with van der Waals surface area (Å²) >= 11 is 1.10. The minimum Gasteiger partial charge on any atom is -0.294 e. The van der Waals surface area contributed by atoms with Gasteiger partial charge in [-0.05, 0) is 26.0 Å². The number of thioether (sulfide) groups is 1. The van der Waals surface area contributed by atoms with Crippen LogP contribution in [0.25, 0.3) is 0 Å². The van der Waals surface area contributed by atoms with E-state index in [0.717, 1.165) is 22.2 Å². The predicted octanol–water partition coefficient (Wildman–Crippen LogP) is 2.84. The highest BCUT2D eigenvalue weighted by atomic mass is 32.2. The number of benzene rings is 1. The van der Waals surface area contributed by atoms with E-state index in [4.69, 9.17) is 0 Å². The molecule has 0 heterocycles. The maximum Gasteiger partial charge on any atom is 0.190 e. The fourth-order valence-electron chi connectivity index (χ4n) is 1.16. The molecule has 0 bridgehead atoms. The highest BCUT2D eigenvalue weighted by Gasteiger charge is 2.09. The number of carbonyl (C=O) groups is 2. The summed E-state index contributed by atoms with van der Waals surface area (Å²) in [7, 11) is 0. The number of ketones is 1. The number of hydrogen-bond donors (Lipinski definition) is 0. The van der Waals surface area contributed by atoms with Crippen molar-refractivity contribution in [3.8, 4) is 0 Å². The highest BCUT2D eigenvalue weighted by Crippen LogP contribution is 2.24. The van der Waals surface area contributed by atoms with Gasteiger partial charge in [0, 0.05) is 17.4 Å². The molecule has 14 heavy (non-hydrogen) atoms. The van der Waals surface area contributed by atoms with E-state index in [9.17, 15) is 9.59 Å². The standard InChI is InChI=1S/C11H12O2S/c1-7-4-5-11(14-9(3)13)10(6-7)8(2)12/h4-6H,1-3H3.